The number of likely N-dealkylation sites (N-methyl/N-ethyl adjacent to an activating group) is 1. The Kier molecular flexibility index (Phi) is 8.72. The molecular weight excluding hydrogens is 316 g/mol. The van der Waals surface area contributed by atoms with E-state index < -0.39 is 0 Å². The number of guanidine groups is 1. The van der Waals surface area contributed by atoms with Crippen LogP contribution >= 0.6 is 0 Å². The molecule has 0 fully saturated rings. The molecule has 1 atom stereocenters. The molecule has 1 rings (SSSR count). The number of methoxy groups -OCH3 is 2. The first-order valence-electron chi connectivity index (χ1n) is 8.70. The molecule has 6 nitrogen and oxygen atoms in total. The average molecular weight is 351 g/mol. The van der Waals surface area contributed by atoms with Gasteiger partial charge in [0.2, 0.25) is 0 Å². The summed E-state index contributed by atoms with van der Waals surface area (Å²) in [5.41, 5.74) is 0.950. The molecule has 1 aromatic carbocycles. The van der Waals surface area contributed by atoms with Crippen molar-refractivity contribution in [3.8, 4) is 5.75 Å². The third-order valence-corrected chi connectivity index (χ3v) is 4.10. The summed E-state index contributed by atoms with van der Waals surface area (Å²) >= 11 is 0. The second-order valence-electron chi connectivity index (χ2n) is 6.79. The van der Waals surface area contributed by atoms with Crippen molar-refractivity contribution in [3.63, 3.8) is 0 Å². The van der Waals surface area contributed by atoms with E-state index in [2.05, 4.69) is 53.7 Å². The van der Waals surface area contributed by atoms with E-state index in [0.717, 1.165) is 24.8 Å². The molecule has 0 aliphatic carbocycles. The van der Waals surface area contributed by atoms with Gasteiger partial charge in [0.05, 0.1) is 25.3 Å². The Morgan fingerprint density at radius 2 is 1.80 bits per heavy atom. The lowest BCUT2D eigenvalue weighted by molar-refractivity contribution is 0.0310. The highest BCUT2D eigenvalue weighted by Crippen LogP contribution is 2.20. The van der Waals surface area contributed by atoms with E-state index in [1.54, 1.807) is 14.2 Å². The lowest BCUT2D eigenvalue weighted by Crippen LogP contribution is -2.42. The minimum Gasteiger partial charge on any atom is -0.497 e. The number of rotatable bonds is 9. The van der Waals surface area contributed by atoms with Gasteiger partial charge in [0.1, 0.15) is 5.75 Å². The van der Waals surface area contributed by atoms with Crippen molar-refractivity contribution in [2.24, 2.45) is 4.99 Å². The highest BCUT2D eigenvalue weighted by atomic mass is 16.5. The van der Waals surface area contributed by atoms with E-state index in [1.165, 1.54) is 5.56 Å². The fourth-order valence-corrected chi connectivity index (χ4v) is 2.29. The van der Waals surface area contributed by atoms with Gasteiger partial charge >= 0.3 is 0 Å². The third-order valence-electron chi connectivity index (χ3n) is 4.10. The molecule has 0 radical (unpaired) electrons. The second kappa shape index (κ2) is 10.3. The Balaban J connectivity index is 2.79. The summed E-state index contributed by atoms with van der Waals surface area (Å²) in [6, 6.07) is 8.41. The van der Waals surface area contributed by atoms with Crippen LogP contribution < -0.4 is 15.4 Å². The van der Waals surface area contributed by atoms with Crippen molar-refractivity contribution in [2.45, 2.75) is 32.4 Å². The number of hydrogen-bond donors (Lipinski definition) is 2. The summed E-state index contributed by atoms with van der Waals surface area (Å²) in [6.45, 7) is 8.27. The zero-order valence-electron chi connectivity index (χ0n) is 16.7. The van der Waals surface area contributed by atoms with Crippen LogP contribution in [0.3, 0.4) is 0 Å². The van der Waals surface area contributed by atoms with Gasteiger partial charge in [-0.2, -0.15) is 0 Å². The molecule has 0 amide bonds. The largest absolute Gasteiger partial charge is 0.497 e. The Bertz CT molecular complexity index is 527. The van der Waals surface area contributed by atoms with Crippen molar-refractivity contribution in [3.05, 3.63) is 29.8 Å². The van der Waals surface area contributed by atoms with Crippen LogP contribution in [0.25, 0.3) is 0 Å². The number of benzene rings is 1. The van der Waals surface area contributed by atoms with E-state index in [-0.39, 0.29) is 11.6 Å². The maximum atomic E-state index is 5.44. The van der Waals surface area contributed by atoms with Gasteiger partial charge in [0.15, 0.2) is 5.96 Å². The Hall–Kier alpha value is -1.79. The zero-order chi connectivity index (χ0) is 18.9. The quantitative estimate of drug-likeness (QED) is 0.529. The molecule has 6 heteroatoms. The van der Waals surface area contributed by atoms with Crippen LogP contribution in [0.4, 0.5) is 0 Å². The minimum atomic E-state index is -0.278. The third kappa shape index (κ3) is 7.32. The van der Waals surface area contributed by atoms with E-state index in [9.17, 15) is 0 Å². The lowest BCUT2D eigenvalue weighted by Gasteiger charge is -2.27. The molecule has 0 aliphatic heterocycles. The van der Waals surface area contributed by atoms with Gasteiger partial charge in [0, 0.05) is 20.2 Å². The number of nitrogens with one attached hydrogen (secondary N) is 2. The van der Waals surface area contributed by atoms with Crippen molar-refractivity contribution >= 4 is 5.96 Å². The van der Waals surface area contributed by atoms with Crippen molar-refractivity contribution in [2.75, 3.05) is 47.9 Å². The molecule has 0 spiro atoms. The predicted octanol–water partition coefficient (Wildman–Crippen LogP) is 2.28. The Morgan fingerprint density at radius 1 is 1.16 bits per heavy atom. The SMILES string of the molecule is CCNC(=NCC(C)(C)OC)NCC(c1ccc(OC)cc1)N(C)C. The van der Waals surface area contributed by atoms with Gasteiger partial charge in [-0.15, -0.1) is 0 Å². The summed E-state index contributed by atoms with van der Waals surface area (Å²) in [5, 5.41) is 6.72. The fraction of sp³-hybridized carbons (Fsp3) is 0.632. The molecule has 2 N–H and O–H groups in total. The van der Waals surface area contributed by atoms with Gasteiger partial charge in [-0.05, 0) is 52.6 Å². The van der Waals surface area contributed by atoms with E-state index >= 15 is 0 Å². The monoisotopic (exact) mass is 350 g/mol. The molecule has 0 saturated heterocycles. The van der Waals surface area contributed by atoms with Crippen LogP contribution in [-0.2, 0) is 4.74 Å². The van der Waals surface area contributed by atoms with E-state index in [0.29, 0.717) is 6.54 Å². The summed E-state index contributed by atoms with van der Waals surface area (Å²) in [7, 11) is 7.55. The van der Waals surface area contributed by atoms with E-state index in [4.69, 9.17) is 9.47 Å². The lowest BCUT2D eigenvalue weighted by atomic mass is 10.1. The van der Waals surface area contributed by atoms with Crippen LogP contribution in [0.1, 0.15) is 32.4 Å². The molecule has 0 aromatic heterocycles. The highest BCUT2D eigenvalue weighted by molar-refractivity contribution is 5.79. The number of hydrogen-bond acceptors (Lipinski definition) is 4. The molecule has 0 aliphatic rings. The van der Waals surface area contributed by atoms with Gasteiger partial charge in [0.25, 0.3) is 0 Å². The molecule has 1 aromatic rings. The topological polar surface area (TPSA) is 58.1 Å². The summed E-state index contributed by atoms with van der Waals surface area (Å²) in [5.74, 6) is 1.67. The van der Waals surface area contributed by atoms with Crippen LogP contribution in [0.2, 0.25) is 0 Å². The van der Waals surface area contributed by atoms with Gasteiger partial charge < -0.3 is 25.0 Å². The number of aliphatic imine (C=N–C) groups is 1. The molecule has 0 heterocycles. The minimum absolute atomic E-state index is 0.227. The van der Waals surface area contributed by atoms with Gasteiger partial charge in [-0.1, -0.05) is 12.1 Å². The molecule has 1 unspecified atom stereocenters. The Morgan fingerprint density at radius 3 is 2.28 bits per heavy atom. The number of ether oxygens (including phenoxy) is 2. The molecule has 0 bridgehead atoms. The maximum absolute atomic E-state index is 5.44. The van der Waals surface area contributed by atoms with Gasteiger partial charge in [-0.25, -0.2) is 0 Å². The van der Waals surface area contributed by atoms with Crippen molar-refractivity contribution < 1.29 is 9.47 Å². The summed E-state index contributed by atoms with van der Waals surface area (Å²) in [4.78, 5) is 6.83. The van der Waals surface area contributed by atoms with Crippen LogP contribution in [-0.4, -0.2) is 64.4 Å². The first-order chi connectivity index (χ1) is 11.8. The zero-order valence-corrected chi connectivity index (χ0v) is 16.7. The average Bonchev–Trinajstić information content (AvgIpc) is 2.60. The fourth-order valence-electron chi connectivity index (χ4n) is 2.29. The number of nitrogens with zero attached hydrogens (tertiary/aromatic N) is 2. The van der Waals surface area contributed by atoms with Crippen molar-refractivity contribution in [1.29, 1.82) is 0 Å². The predicted molar refractivity (Wildman–Crippen MR) is 104 cm³/mol. The maximum Gasteiger partial charge on any atom is 0.191 e. The Labute approximate surface area is 152 Å². The van der Waals surface area contributed by atoms with Crippen LogP contribution in [0.15, 0.2) is 29.3 Å². The summed E-state index contributed by atoms with van der Waals surface area (Å²) in [6.07, 6.45) is 0. The van der Waals surface area contributed by atoms with Crippen molar-refractivity contribution in [1.82, 2.24) is 15.5 Å². The van der Waals surface area contributed by atoms with Crippen LogP contribution in [0, 0.1) is 0 Å². The highest BCUT2D eigenvalue weighted by Gasteiger charge is 2.17. The van der Waals surface area contributed by atoms with Gasteiger partial charge in [-0.3, -0.25) is 4.99 Å². The molecule has 0 saturated carbocycles. The molecular formula is C19H34N4O2. The first-order valence-corrected chi connectivity index (χ1v) is 8.70. The molecule has 142 valence electrons. The summed E-state index contributed by atoms with van der Waals surface area (Å²) < 4.78 is 10.7. The second-order valence-corrected chi connectivity index (χ2v) is 6.79. The first kappa shape index (κ1) is 21.3. The molecule has 25 heavy (non-hydrogen) atoms. The van der Waals surface area contributed by atoms with Crippen LogP contribution in [0.5, 0.6) is 5.75 Å². The normalized spacial score (nSPS) is 13.7. The standard InChI is InChI=1S/C19H34N4O2/c1-8-20-18(22-14-19(2,3)25-7)21-13-17(23(4)5)15-9-11-16(24-6)12-10-15/h9-12,17H,8,13-14H2,1-7H3,(H2,20,21,22). The van der Waals surface area contributed by atoms with E-state index in [1.807, 2.05) is 26.0 Å². The smallest absolute Gasteiger partial charge is 0.191 e.